The summed E-state index contributed by atoms with van der Waals surface area (Å²) in [5.41, 5.74) is 9.08. The van der Waals surface area contributed by atoms with Crippen LogP contribution in [-0.2, 0) is 0 Å². The van der Waals surface area contributed by atoms with Gasteiger partial charge in [-0.15, -0.1) is 0 Å². The third kappa shape index (κ3) is 6.44. The molecule has 4 unspecified atom stereocenters. The van der Waals surface area contributed by atoms with Crippen LogP contribution in [0.15, 0.2) is 187 Å². The van der Waals surface area contributed by atoms with Gasteiger partial charge in [0.05, 0.1) is 5.54 Å². The SMILES string of the molecule is C1=CCC(NC2=C3C=CC=CC3CC=C2)C=C1.Cc1ccc(-c2ccc(N(c3cccc4ccccc34)C34C=CCC=CC3C4)cc2)cc1. The maximum Gasteiger partial charge on any atom is 0.0703 e. The van der Waals surface area contributed by atoms with Crippen LogP contribution < -0.4 is 10.2 Å². The van der Waals surface area contributed by atoms with Gasteiger partial charge < -0.3 is 10.2 Å². The Hall–Kier alpha value is -5.34. The van der Waals surface area contributed by atoms with Gasteiger partial charge in [-0.1, -0.05) is 157 Å². The highest BCUT2D eigenvalue weighted by atomic mass is 15.2. The lowest BCUT2D eigenvalue weighted by atomic mass is 9.86. The first-order valence-corrected chi connectivity index (χ1v) is 17.8. The average molecular weight is 637 g/mol. The molecule has 0 saturated heterocycles. The van der Waals surface area contributed by atoms with E-state index in [1.54, 1.807) is 0 Å². The second-order valence-corrected chi connectivity index (χ2v) is 13.8. The number of hydrogen-bond donors (Lipinski definition) is 1. The van der Waals surface area contributed by atoms with Crippen LogP contribution in [0.2, 0.25) is 0 Å². The third-order valence-corrected chi connectivity index (χ3v) is 10.4. The molecule has 1 N–H and O–H groups in total. The molecule has 4 atom stereocenters. The molecule has 242 valence electrons. The summed E-state index contributed by atoms with van der Waals surface area (Å²) in [5.74, 6) is 1.12. The van der Waals surface area contributed by atoms with Gasteiger partial charge in [0.15, 0.2) is 0 Å². The zero-order valence-electron chi connectivity index (χ0n) is 28.3. The van der Waals surface area contributed by atoms with Gasteiger partial charge in [-0.25, -0.2) is 0 Å². The normalized spacial score (nSPS) is 24.1. The molecule has 2 nitrogen and oxygen atoms in total. The molecule has 0 amide bonds. The summed E-state index contributed by atoms with van der Waals surface area (Å²) in [5, 5.41) is 6.22. The Kier molecular flexibility index (Phi) is 8.62. The molecule has 0 aliphatic heterocycles. The highest BCUT2D eigenvalue weighted by molar-refractivity contribution is 5.97. The molecule has 49 heavy (non-hydrogen) atoms. The number of anilines is 2. The molecule has 1 fully saturated rings. The third-order valence-electron chi connectivity index (χ3n) is 10.4. The van der Waals surface area contributed by atoms with Crippen LogP contribution >= 0.6 is 0 Å². The summed E-state index contributed by atoms with van der Waals surface area (Å²) in [6, 6.07) is 33.8. The smallest absolute Gasteiger partial charge is 0.0703 e. The molecule has 0 bridgehead atoms. The first kappa shape index (κ1) is 31.0. The Morgan fingerprint density at radius 2 is 1.47 bits per heavy atom. The Bertz CT molecular complexity index is 2060. The van der Waals surface area contributed by atoms with Gasteiger partial charge >= 0.3 is 0 Å². The minimum Gasteiger partial charge on any atom is -0.378 e. The van der Waals surface area contributed by atoms with E-state index in [0.29, 0.717) is 17.9 Å². The number of hydrogen-bond acceptors (Lipinski definition) is 2. The van der Waals surface area contributed by atoms with Crippen molar-refractivity contribution in [1.29, 1.82) is 0 Å². The molecule has 0 aromatic heterocycles. The van der Waals surface area contributed by atoms with Crippen LogP contribution in [0, 0.1) is 18.8 Å². The van der Waals surface area contributed by atoms with Crippen molar-refractivity contribution in [3.05, 3.63) is 193 Å². The van der Waals surface area contributed by atoms with Gasteiger partial charge in [0, 0.05) is 40.3 Å². The van der Waals surface area contributed by atoms with Gasteiger partial charge in [0.2, 0.25) is 0 Å². The highest BCUT2D eigenvalue weighted by Gasteiger charge is 2.56. The Morgan fingerprint density at radius 1 is 0.673 bits per heavy atom. The number of rotatable bonds is 6. The predicted octanol–water partition coefficient (Wildman–Crippen LogP) is 11.6. The number of benzene rings is 4. The molecule has 2 heteroatoms. The Labute approximate surface area is 291 Å². The molecule has 4 aromatic rings. The first-order chi connectivity index (χ1) is 24.2. The van der Waals surface area contributed by atoms with Crippen molar-refractivity contribution in [1.82, 2.24) is 5.32 Å². The lowest BCUT2D eigenvalue weighted by Gasteiger charge is -2.34. The standard InChI is InChI=1S/C31H27N.C16H17N/c1-23-13-15-24(16-14-23)25-17-19-28(20-18-25)32(31-21-6-2-3-10-27(31)22-31)30-12-7-9-26-8-4-5-11-29(26)30;1-2-9-14(10-3-1)17-16-12-6-8-13-7-4-5-11-15(13)16/h3-21,27H,2,22H2,1H3;1-7,9,11-14,17H,8,10H2. The summed E-state index contributed by atoms with van der Waals surface area (Å²) in [7, 11) is 0. The number of fused-ring (bicyclic) bond motifs is 3. The van der Waals surface area contributed by atoms with E-state index in [1.165, 1.54) is 50.1 Å². The minimum absolute atomic E-state index is 0.0164. The lowest BCUT2D eigenvalue weighted by Crippen LogP contribution is -2.33. The lowest BCUT2D eigenvalue weighted by molar-refractivity contribution is 0.655. The summed E-state index contributed by atoms with van der Waals surface area (Å²) in [4.78, 5) is 2.59. The van der Waals surface area contributed by atoms with Crippen molar-refractivity contribution in [2.24, 2.45) is 11.8 Å². The number of nitrogens with zero attached hydrogens (tertiary/aromatic N) is 1. The molecular weight excluding hydrogens is 593 g/mol. The van der Waals surface area contributed by atoms with Crippen molar-refractivity contribution in [3.8, 4) is 11.1 Å². The molecule has 0 spiro atoms. The van der Waals surface area contributed by atoms with Crippen LogP contribution in [-0.4, -0.2) is 11.6 Å². The Morgan fingerprint density at radius 3 is 2.31 bits per heavy atom. The van der Waals surface area contributed by atoms with Gasteiger partial charge in [-0.2, -0.15) is 0 Å². The van der Waals surface area contributed by atoms with E-state index in [4.69, 9.17) is 0 Å². The summed E-state index contributed by atoms with van der Waals surface area (Å²) < 4.78 is 0. The van der Waals surface area contributed by atoms with Crippen LogP contribution in [0.4, 0.5) is 11.4 Å². The first-order valence-electron chi connectivity index (χ1n) is 17.8. The van der Waals surface area contributed by atoms with E-state index in [2.05, 4.69) is 193 Å². The van der Waals surface area contributed by atoms with Gasteiger partial charge in [0.25, 0.3) is 0 Å². The van der Waals surface area contributed by atoms with Gasteiger partial charge in [0.1, 0.15) is 0 Å². The fourth-order valence-corrected chi connectivity index (χ4v) is 7.73. The molecule has 0 radical (unpaired) electrons. The van der Waals surface area contributed by atoms with E-state index in [0.717, 1.165) is 25.7 Å². The quantitative estimate of drug-likeness (QED) is 0.212. The molecule has 5 aliphatic rings. The minimum atomic E-state index is 0.0164. The molecule has 1 saturated carbocycles. The molecule has 4 aromatic carbocycles. The van der Waals surface area contributed by atoms with Gasteiger partial charge in [-0.3, -0.25) is 0 Å². The second-order valence-electron chi connectivity index (χ2n) is 13.8. The maximum absolute atomic E-state index is 3.63. The summed E-state index contributed by atoms with van der Waals surface area (Å²) in [6.07, 6.45) is 35.9. The average Bonchev–Trinajstić information content (AvgIpc) is 3.89. The largest absolute Gasteiger partial charge is 0.378 e. The number of aryl methyl sites for hydroxylation is 1. The fraction of sp³-hybridized carbons (Fsp3) is 0.191. The van der Waals surface area contributed by atoms with Crippen molar-refractivity contribution >= 4 is 22.1 Å². The van der Waals surface area contributed by atoms with E-state index < -0.39 is 0 Å². The van der Waals surface area contributed by atoms with Crippen LogP contribution in [0.25, 0.3) is 21.9 Å². The van der Waals surface area contributed by atoms with E-state index >= 15 is 0 Å². The second kappa shape index (κ2) is 13.6. The fourth-order valence-electron chi connectivity index (χ4n) is 7.73. The molecule has 5 aliphatic carbocycles. The Balaban J connectivity index is 0.000000172. The van der Waals surface area contributed by atoms with E-state index in [1.807, 2.05) is 0 Å². The van der Waals surface area contributed by atoms with E-state index in [9.17, 15) is 0 Å². The summed E-state index contributed by atoms with van der Waals surface area (Å²) >= 11 is 0. The zero-order chi connectivity index (χ0) is 33.0. The number of allylic oxidation sites excluding steroid dienone is 11. The van der Waals surface area contributed by atoms with Crippen molar-refractivity contribution in [3.63, 3.8) is 0 Å². The van der Waals surface area contributed by atoms with Crippen LogP contribution in [0.3, 0.4) is 0 Å². The monoisotopic (exact) mass is 636 g/mol. The zero-order valence-corrected chi connectivity index (χ0v) is 28.3. The van der Waals surface area contributed by atoms with E-state index in [-0.39, 0.29) is 5.54 Å². The molecule has 0 heterocycles. The van der Waals surface area contributed by atoms with Crippen molar-refractivity contribution < 1.29 is 0 Å². The van der Waals surface area contributed by atoms with Crippen molar-refractivity contribution in [2.75, 3.05) is 4.90 Å². The molecular formula is C47H44N2. The van der Waals surface area contributed by atoms with Crippen LogP contribution in [0.1, 0.15) is 31.2 Å². The highest BCUT2D eigenvalue weighted by Crippen LogP contribution is 2.57. The van der Waals surface area contributed by atoms with Gasteiger partial charge in [-0.05, 0) is 79.0 Å². The van der Waals surface area contributed by atoms with Crippen molar-refractivity contribution in [2.45, 2.75) is 44.2 Å². The predicted molar refractivity (Wildman–Crippen MR) is 209 cm³/mol. The molecule has 9 rings (SSSR count). The maximum atomic E-state index is 3.63. The summed E-state index contributed by atoms with van der Waals surface area (Å²) in [6.45, 7) is 2.13. The van der Waals surface area contributed by atoms with Crippen LogP contribution in [0.5, 0.6) is 0 Å². The number of nitrogens with one attached hydrogen (secondary N) is 1. The topological polar surface area (TPSA) is 15.3 Å².